The minimum Gasteiger partial charge on any atom is -0.355 e. The van der Waals surface area contributed by atoms with E-state index in [-0.39, 0.29) is 37.7 Å². The number of benzene rings is 2. The third-order valence-electron chi connectivity index (χ3n) is 5.07. The second kappa shape index (κ2) is 12.3. The zero-order valence-electron chi connectivity index (χ0n) is 18.9. The zero-order chi connectivity index (χ0) is 24.6. The number of carbonyl (C=O) groups excluding carboxylic acids is 2. The molecule has 0 unspecified atom stereocenters. The molecule has 2 amide bonds. The van der Waals surface area contributed by atoms with Crippen LogP contribution in [0.5, 0.6) is 0 Å². The summed E-state index contributed by atoms with van der Waals surface area (Å²) in [7, 11) is -3.58. The molecule has 0 aliphatic rings. The molecule has 0 saturated heterocycles. The van der Waals surface area contributed by atoms with Crippen LogP contribution >= 0.6 is 23.2 Å². The van der Waals surface area contributed by atoms with Gasteiger partial charge in [0.25, 0.3) is 0 Å². The van der Waals surface area contributed by atoms with Gasteiger partial charge in [0.1, 0.15) is 6.04 Å². The molecule has 0 saturated carbocycles. The lowest BCUT2D eigenvalue weighted by molar-refractivity contribution is -0.140. The van der Waals surface area contributed by atoms with Gasteiger partial charge in [-0.2, -0.15) is 0 Å². The number of likely N-dealkylation sites (N-methyl/N-ethyl adjacent to an activating group) is 1. The van der Waals surface area contributed by atoms with Crippen molar-refractivity contribution in [2.45, 2.75) is 39.3 Å². The number of halogens is 2. The summed E-state index contributed by atoms with van der Waals surface area (Å²) in [4.78, 5) is 27.1. The van der Waals surface area contributed by atoms with Gasteiger partial charge in [0.15, 0.2) is 0 Å². The molecule has 0 aliphatic heterocycles. The Labute approximate surface area is 205 Å². The highest BCUT2D eigenvalue weighted by molar-refractivity contribution is 7.92. The summed E-state index contributed by atoms with van der Waals surface area (Å²) in [5.74, 6) is -0.539. The fourth-order valence-electron chi connectivity index (χ4n) is 3.35. The van der Waals surface area contributed by atoms with Crippen molar-refractivity contribution in [2.75, 3.05) is 23.7 Å². The van der Waals surface area contributed by atoms with Crippen LogP contribution in [0, 0.1) is 0 Å². The number of hydrogen-bond donors (Lipinski definition) is 1. The van der Waals surface area contributed by atoms with Crippen molar-refractivity contribution in [3.63, 3.8) is 0 Å². The first-order chi connectivity index (χ1) is 15.5. The molecule has 2 aromatic carbocycles. The number of nitrogens with zero attached hydrogens (tertiary/aromatic N) is 2. The van der Waals surface area contributed by atoms with E-state index < -0.39 is 16.1 Å². The first-order valence-electron chi connectivity index (χ1n) is 10.6. The van der Waals surface area contributed by atoms with Crippen molar-refractivity contribution in [1.29, 1.82) is 0 Å². The molecule has 0 fully saturated rings. The van der Waals surface area contributed by atoms with Crippen molar-refractivity contribution in [2.24, 2.45) is 0 Å². The van der Waals surface area contributed by atoms with Crippen molar-refractivity contribution in [1.82, 2.24) is 10.2 Å². The van der Waals surface area contributed by atoms with Crippen LogP contribution < -0.4 is 9.62 Å². The van der Waals surface area contributed by atoms with Gasteiger partial charge in [-0.15, -0.1) is 0 Å². The lowest BCUT2D eigenvalue weighted by Crippen LogP contribution is -2.47. The van der Waals surface area contributed by atoms with E-state index in [1.165, 1.54) is 9.21 Å². The van der Waals surface area contributed by atoms with Gasteiger partial charge in [-0.25, -0.2) is 8.42 Å². The Hall–Kier alpha value is -2.29. The van der Waals surface area contributed by atoms with Crippen molar-refractivity contribution < 1.29 is 18.0 Å². The van der Waals surface area contributed by atoms with Gasteiger partial charge in [0, 0.05) is 36.1 Å². The Kier molecular flexibility index (Phi) is 10.0. The molecule has 180 valence electrons. The molecule has 0 spiro atoms. The van der Waals surface area contributed by atoms with E-state index in [2.05, 4.69) is 5.32 Å². The Bertz CT molecular complexity index is 1080. The van der Waals surface area contributed by atoms with Gasteiger partial charge in [0.2, 0.25) is 21.8 Å². The van der Waals surface area contributed by atoms with Gasteiger partial charge in [0.05, 0.1) is 11.9 Å². The molecule has 0 bridgehead atoms. The maximum atomic E-state index is 13.1. The predicted molar refractivity (Wildman–Crippen MR) is 133 cm³/mol. The first kappa shape index (κ1) is 27.0. The van der Waals surface area contributed by atoms with Crippen LogP contribution in [-0.4, -0.2) is 50.5 Å². The Balaban J connectivity index is 2.16. The number of hydrogen-bond acceptors (Lipinski definition) is 4. The van der Waals surface area contributed by atoms with Gasteiger partial charge < -0.3 is 10.2 Å². The minimum absolute atomic E-state index is 0.0563. The highest BCUT2D eigenvalue weighted by Gasteiger charge is 2.27. The zero-order valence-corrected chi connectivity index (χ0v) is 21.3. The van der Waals surface area contributed by atoms with Crippen LogP contribution in [-0.2, 0) is 26.2 Å². The third kappa shape index (κ3) is 7.91. The summed E-state index contributed by atoms with van der Waals surface area (Å²) in [6.07, 6.45) is 1.43. The fourth-order valence-corrected chi connectivity index (χ4v) is 4.69. The second-order valence-corrected chi connectivity index (χ2v) is 10.4. The highest BCUT2D eigenvalue weighted by Crippen LogP contribution is 2.23. The summed E-state index contributed by atoms with van der Waals surface area (Å²) in [6, 6.07) is 13.0. The number of anilines is 1. The van der Waals surface area contributed by atoms with Crippen molar-refractivity contribution in [3.05, 3.63) is 64.1 Å². The van der Waals surface area contributed by atoms with Crippen LogP contribution in [0.3, 0.4) is 0 Å². The third-order valence-corrected chi connectivity index (χ3v) is 6.86. The van der Waals surface area contributed by atoms with Crippen molar-refractivity contribution >= 4 is 50.7 Å². The van der Waals surface area contributed by atoms with E-state index in [1.54, 1.807) is 56.3 Å². The molecule has 1 N–H and O–H groups in total. The molecule has 0 heterocycles. The average Bonchev–Trinajstić information content (AvgIpc) is 2.74. The molecule has 10 heteroatoms. The molecule has 0 radical (unpaired) electrons. The normalized spacial score (nSPS) is 12.2. The smallest absolute Gasteiger partial charge is 0.242 e. The number of amides is 2. The molecular formula is C23H29Cl2N3O4S. The van der Waals surface area contributed by atoms with Crippen LogP contribution in [0.2, 0.25) is 10.0 Å². The van der Waals surface area contributed by atoms with E-state index in [0.29, 0.717) is 22.3 Å². The number of nitrogens with one attached hydrogen (secondary N) is 1. The minimum atomic E-state index is -3.58. The van der Waals surface area contributed by atoms with Gasteiger partial charge in [-0.3, -0.25) is 13.9 Å². The lowest BCUT2D eigenvalue weighted by atomic mass is 10.1. The summed E-state index contributed by atoms with van der Waals surface area (Å²) in [6.45, 7) is 4.18. The van der Waals surface area contributed by atoms with E-state index in [0.717, 1.165) is 11.8 Å². The monoisotopic (exact) mass is 513 g/mol. The van der Waals surface area contributed by atoms with E-state index in [4.69, 9.17) is 23.2 Å². The predicted octanol–water partition coefficient (Wildman–Crippen LogP) is 4.09. The SMILES string of the molecule is CCNC(=O)[C@@H](C)N(Cc1ccccc1Cl)C(=O)CCCN(c1cccc(Cl)c1)S(C)(=O)=O. The van der Waals surface area contributed by atoms with Crippen molar-refractivity contribution in [3.8, 4) is 0 Å². The van der Waals surface area contributed by atoms with Crippen LogP contribution in [0.4, 0.5) is 5.69 Å². The standard InChI is InChI=1S/C23H29Cl2N3O4S/c1-4-26-23(30)17(2)27(16-18-9-5-6-12-21(18)25)22(29)13-8-14-28(33(3,31)32)20-11-7-10-19(24)15-20/h5-7,9-12,15,17H,4,8,13-14,16H2,1-3H3,(H,26,30)/t17-/m1/s1. The number of sulfonamides is 1. The molecule has 2 aromatic rings. The molecule has 2 rings (SSSR count). The summed E-state index contributed by atoms with van der Waals surface area (Å²) >= 11 is 12.3. The van der Waals surface area contributed by atoms with Gasteiger partial charge in [-0.05, 0) is 50.1 Å². The maximum absolute atomic E-state index is 13.1. The average molecular weight is 514 g/mol. The van der Waals surface area contributed by atoms with Crippen LogP contribution in [0.1, 0.15) is 32.3 Å². The Morgan fingerprint density at radius 2 is 1.79 bits per heavy atom. The molecule has 7 nitrogen and oxygen atoms in total. The molecule has 0 aromatic heterocycles. The largest absolute Gasteiger partial charge is 0.355 e. The summed E-state index contributed by atoms with van der Waals surface area (Å²) in [5, 5.41) is 3.65. The quantitative estimate of drug-likeness (QED) is 0.490. The topological polar surface area (TPSA) is 86.8 Å². The number of rotatable bonds is 11. The fraction of sp³-hybridized carbons (Fsp3) is 0.391. The Morgan fingerprint density at radius 1 is 1.09 bits per heavy atom. The second-order valence-electron chi connectivity index (χ2n) is 7.60. The summed E-state index contributed by atoms with van der Waals surface area (Å²) in [5.41, 5.74) is 1.15. The highest BCUT2D eigenvalue weighted by atomic mass is 35.5. The maximum Gasteiger partial charge on any atom is 0.242 e. The first-order valence-corrected chi connectivity index (χ1v) is 13.2. The number of carbonyl (C=O) groups is 2. The van der Waals surface area contributed by atoms with E-state index >= 15 is 0 Å². The van der Waals surface area contributed by atoms with Crippen LogP contribution in [0.15, 0.2) is 48.5 Å². The Morgan fingerprint density at radius 3 is 2.39 bits per heavy atom. The van der Waals surface area contributed by atoms with E-state index in [1.807, 2.05) is 6.07 Å². The van der Waals surface area contributed by atoms with Gasteiger partial charge in [-0.1, -0.05) is 47.5 Å². The molecular weight excluding hydrogens is 485 g/mol. The lowest BCUT2D eigenvalue weighted by Gasteiger charge is -2.29. The van der Waals surface area contributed by atoms with Gasteiger partial charge >= 0.3 is 0 Å². The summed E-state index contributed by atoms with van der Waals surface area (Å²) < 4.78 is 25.9. The van der Waals surface area contributed by atoms with E-state index in [9.17, 15) is 18.0 Å². The molecule has 1 atom stereocenters. The molecule has 0 aliphatic carbocycles. The van der Waals surface area contributed by atoms with Crippen LogP contribution in [0.25, 0.3) is 0 Å². The molecule has 33 heavy (non-hydrogen) atoms.